The Morgan fingerprint density at radius 3 is 2.53 bits per heavy atom. The number of rotatable bonds is 2. The number of nitriles is 1. The second kappa shape index (κ2) is 6.16. The molecule has 2 rings (SSSR count). The smallest absolute Gasteiger partial charge is 0.264 e. The van der Waals surface area contributed by atoms with Crippen molar-refractivity contribution in [1.29, 1.82) is 5.26 Å². The molecule has 0 atom stereocenters. The van der Waals surface area contributed by atoms with Crippen LogP contribution in [0.25, 0.3) is 0 Å². The SMILES string of the molecule is Cc1ncsc1C(=O)NC1(C#N)CCCCCCC1. The topological polar surface area (TPSA) is 65.8 Å². The number of aryl methyl sites for hydroxylation is 1. The van der Waals surface area contributed by atoms with Crippen LogP contribution in [0.3, 0.4) is 0 Å². The highest BCUT2D eigenvalue weighted by molar-refractivity contribution is 7.11. The van der Waals surface area contributed by atoms with Crippen LogP contribution in [-0.4, -0.2) is 16.4 Å². The molecule has 102 valence electrons. The number of nitrogens with one attached hydrogen (secondary N) is 1. The first kappa shape index (κ1) is 14.0. The van der Waals surface area contributed by atoms with E-state index in [1.807, 2.05) is 6.92 Å². The van der Waals surface area contributed by atoms with Gasteiger partial charge in [-0.1, -0.05) is 32.1 Å². The van der Waals surface area contributed by atoms with Crippen molar-refractivity contribution in [3.05, 3.63) is 16.1 Å². The monoisotopic (exact) mass is 277 g/mol. The van der Waals surface area contributed by atoms with Crippen LogP contribution in [0.2, 0.25) is 0 Å². The van der Waals surface area contributed by atoms with Gasteiger partial charge in [0.05, 0.1) is 17.3 Å². The first-order valence-electron chi connectivity index (χ1n) is 6.81. The lowest BCUT2D eigenvalue weighted by atomic mass is 9.85. The molecule has 1 N–H and O–H groups in total. The van der Waals surface area contributed by atoms with E-state index in [2.05, 4.69) is 16.4 Å². The Morgan fingerprint density at radius 2 is 2.00 bits per heavy atom. The van der Waals surface area contributed by atoms with E-state index in [-0.39, 0.29) is 5.91 Å². The van der Waals surface area contributed by atoms with E-state index in [0.29, 0.717) is 4.88 Å². The highest BCUT2D eigenvalue weighted by Crippen LogP contribution is 2.26. The fourth-order valence-electron chi connectivity index (χ4n) is 2.57. The lowest BCUT2D eigenvalue weighted by Crippen LogP contribution is -2.47. The van der Waals surface area contributed by atoms with Crippen molar-refractivity contribution in [2.45, 2.75) is 57.4 Å². The minimum Gasteiger partial charge on any atom is -0.333 e. The molecule has 1 aliphatic carbocycles. The number of carbonyl (C=O) groups excluding carboxylic acids is 1. The van der Waals surface area contributed by atoms with E-state index >= 15 is 0 Å². The van der Waals surface area contributed by atoms with E-state index in [4.69, 9.17) is 0 Å². The van der Waals surface area contributed by atoms with Crippen molar-refractivity contribution in [3.63, 3.8) is 0 Å². The third kappa shape index (κ3) is 3.32. The largest absolute Gasteiger partial charge is 0.333 e. The summed E-state index contributed by atoms with van der Waals surface area (Å²) in [6, 6.07) is 2.35. The van der Waals surface area contributed by atoms with Gasteiger partial charge in [0.1, 0.15) is 10.4 Å². The maximum atomic E-state index is 12.3. The Labute approximate surface area is 117 Å². The number of thiazole rings is 1. The van der Waals surface area contributed by atoms with Crippen LogP contribution < -0.4 is 5.32 Å². The molecule has 0 unspecified atom stereocenters. The van der Waals surface area contributed by atoms with Crippen molar-refractivity contribution in [1.82, 2.24) is 10.3 Å². The predicted molar refractivity (Wildman–Crippen MR) is 75.0 cm³/mol. The molecule has 4 nitrogen and oxygen atoms in total. The molecule has 1 aromatic heterocycles. The molecule has 0 saturated heterocycles. The lowest BCUT2D eigenvalue weighted by Gasteiger charge is -2.29. The first-order valence-corrected chi connectivity index (χ1v) is 7.69. The van der Waals surface area contributed by atoms with Crippen molar-refractivity contribution < 1.29 is 4.79 Å². The summed E-state index contributed by atoms with van der Waals surface area (Å²) in [5.41, 5.74) is 1.72. The van der Waals surface area contributed by atoms with E-state index in [0.717, 1.165) is 44.2 Å². The van der Waals surface area contributed by atoms with Crippen molar-refractivity contribution >= 4 is 17.2 Å². The fraction of sp³-hybridized carbons (Fsp3) is 0.643. The maximum absolute atomic E-state index is 12.3. The van der Waals surface area contributed by atoms with Crippen LogP contribution in [0.1, 0.15) is 60.3 Å². The van der Waals surface area contributed by atoms with Gasteiger partial charge >= 0.3 is 0 Å². The maximum Gasteiger partial charge on any atom is 0.264 e. The first-order chi connectivity index (χ1) is 9.17. The zero-order valence-electron chi connectivity index (χ0n) is 11.2. The van der Waals surface area contributed by atoms with Crippen molar-refractivity contribution in [2.24, 2.45) is 0 Å². The quantitative estimate of drug-likeness (QED) is 0.902. The molecule has 0 aromatic carbocycles. The Bertz CT molecular complexity index is 481. The summed E-state index contributed by atoms with van der Waals surface area (Å²) >= 11 is 1.33. The van der Waals surface area contributed by atoms with Crippen LogP contribution >= 0.6 is 11.3 Å². The third-order valence-electron chi connectivity index (χ3n) is 3.73. The Morgan fingerprint density at radius 1 is 1.37 bits per heavy atom. The molecule has 0 bridgehead atoms. The van der Waals surface area contributed by atoms with Gasteiger partial charge in [-0.15, -0.1) is 11.3 Å². The van der Waals surface area contributed by atoms with Gasteiger partial charge in [-0.25, -0.2) is 4.98 Å². The van der Waals surface area contributed by atoms with Crippen LogP contribution in [-0.2, 0) is 0 Å². The second-order valence-corrected chi connectivity index (χ2v) is 6.04. The molecular formula is C14H19N3OS. The number of hydrogen-bond acceptors (Lipinski definition) is 4. The highest BCUT2D eigenvalue weighted by atomic mass is 32.1. The Hall–Kier alpha value is -1.41. The number of amides is 1. The zero-order valence-corrected chi connectivity index (χ0v) is 12.1. The highest BCUT2D eigenvalue weighted by Gasteiger charge is 2.32. The molecular weight excluding hydrogens is 258 g/mol. The molecule has 1 saturated carbocycles. The van der Waals surface area contributed by atoms with Crippen LogP contribution in [0, 0.1) is 18.3 Å². The molecule has 1 fully saturated rings. The van der Waals surface area contributed by atoms with E-state index in [9.17, 15) is 10.1 Å². The van der Waals surface area contributed by atoms with Gasteiger partial charge in [0.15, 0.2) is 0 Å². The van der Waals surface area contributed by atoms with E-state index in [1.54, 1.807) is 5.51 Å². The zero-order chi connectivity index (χ0) is 13.7. The van der Waals surface area contributed by atoms with Gasteiger partial charge in [-0.05, 0) is 19.8 Å². The molecule has 0 spiro atoms. The predicted octanol–water partition coefficient (Wildman–Crippen LogP) is 3.19. The van der Waals surface area contributed by atoms with Gasteiger partial charge < -0.3 is 5.32 Å². The van der Waals surface area contributed by atoms with Crippen LogP contribution in [0.4, 0.5) is 0 Å². The van der Waals surface area contributed by atoms with Crippen molar-refractivity contribution in [3.8, 4) is 6.07 Å². The van der Waals surface area contributed by atoms with Gasteiger partial charge in [0.2, 0.25) is 0 Å². The van der Waals surface area contributed by atoms with Crippen LogP contribution in [0.5, 0.6) is 0 Å². The van der Waals surface area contributed by atoms with Gasteiger partial charge in [-0.3, -0.25) is 4.79 Å². The molecule has 1 aromatic rings. The van der Waals surface area contributed by atoms with Gasteiger partial charge in [-0.2, -0.15) is 5.26 Å². The normalized spacial score (nSPS) is 18.9. The average molecular weight is 277 g/mol. The number of hydrogen-bond donors (Lipinski definition) is 1. The van der Waals surface area contributed by atoms with Gasteiger partial charge in [0.25, 0.3) is 5.91 Å². The number of aromatic nitrogens is 1. The molecule has 5 heteroatoms. The summed E-state index contributed by atoms with van der Waals surface area (Å²) in [4.78, 5) is 17.0. The van der Waals surface area contributed by atoms with Crippen molar-refractivity contribution in [2.75, 3.05) is 0 Å². The summed E-state index contributed by atoms with van der Waals surface area (Å²) in [5.74, 6) is -0.151. The standard InChI is InChI=1S/C14H19N3OS/c1-11-12(19-10-16-11)13(18)17-14(9-15)7-5-3-2-4-6-8-14/h10H,2-8H2,1H3,(H,17,18). The fourth-order valence-corrected chi connectivity index (χ4v) is 3.27. The van der Waals surface area contributed by atoms with Crippen LogP contribution in [0.15, 0.2) is 5.51 Å². The molecule has 1 heterocycles. The van der Waals surface area contributed by atoms with E-state index < -0.39 is 5.54 Å². The van der Waals surface area contributed by atoms with Gasteiger partial charge in [0, 0.05) is 0 Å². The molecule has 0 radical (unpaired) electrons. The Balaban J connectivity index is 2.11. The average Bonchev–Trinajstić information content (AvgIpc) is 2.79. The number of nitrogens with zero attached hydrogens (tertiary/aromatic N) is 2. The summed E-state index contributed by atoms with van der Waals surface area (Å²) in [5, 5.41) is 12.5. The minimum absolute atomic E-state index is 0.151. The summed E-state index contributed by atoms with van der Waals surface area (Å²) in [7, 11) is 0. The third-order valence-corrected chi connectivity index (χ3v) is 4.65. The molecule has 0 aliphatic heterocycles. The molecule has 19 heavy (non-hydrogen) atoms. The summed E-state index contributed by atoms with van der Waals surface area (Å²) in [6.45, 7) is 1.82. The van der Waals surface area contributed by atoms with E-state index in [1.165, 1.54) is 17.8 Å². The molecule has 1 aliphatic rings. The Kier molecular flexibility index (Phi) is 4.54. The summed E-state index contributed by atoms with van der Waals surface area (Å²) in [6.07, 6.45) is 7.08. The number of carbonyl (C=O) groups is 1. The second-order valence-electron chi connectivity index (χ2n) is 5.18. The molecule has 1 amide bonds. The lowest BCUT2D eigenvalue weighted by molar-refractivity contribution is 0.0911. The summed E-state index contributed by atoms with van der Waals surface area (Å²) < 4.78 is 0. The minimum atomic E-state index is -0.687.